The Hall–Kier alpha value is -1.23. The van der Waals surface area contributed by atoms with Gasteiger partial charge >= 0.3 is 0 Å². The van der Waals surface area contributed by atoms with Crippen LogP contribution in [-0.4, -0.2) is 4.98 Å². The molecule has 0 aliphatic carbocycles. The molecule has 2 aromatic rings. The Morgan fingerprint density at radius 2 is 2.06 bits per heavy atom. The molecule has 3 N–H and O–H groups in total. The highest BCUT2D eigenvalue weighted by molar-refractivity contribution is 7.09. The van der Waals surface area contributed by atoms with Crippen LogP contribution in [0.25, 0.3) is 0 Å². The molecule has 2 rings (SSSR count). The fourth-order valence-corrected chi connectivity index (χ4v) is 2.81. The van der Waals surface area contributed by atoms with E-state index in [-0.39, 0.29) is 6.04 Å². The zero-order valence-corrected chi connectivity index (χ0v) is 10.9. The van der Waals surface area contributed by atoms with Crippen LogP contribution in [0.4, 0.5) is 0 Å². The molecule has 1 heterocycles. The normalized spacial score (nSPS) is 12.6. The monoisotopic (exact) mass is 247 g/mol. The fourth-order valence-electron chi connectivity index (χ4n) is 2.17. The topological polar surface area (TPSA) is 50.9 Å². The average Bonchev–Trinajstić information content (AvgIpc) is 2.80. The number of rotatable bonds is 4. The highest BCUT2D eigenvalue weighted by Gasteiger charge is 2.15. The van der Waals surface area contributed by atoms with Gasteiger partial charge in [-0.05, 0) is 30.5 Å². The number of nitrogens with one attached hydrogen (secondary N) is 1. The summed E-state index contributed by atoms with van der Waals surface area (Å²) in [7, 11) is 0. The SMILES string of the molecule is Cc1cccc(C)c1C(Cc1cncs1)NN. The first-order chi connectivity index (χ1) is 8.22. The Bertz CT molecular complexity index is 459. The van der Waals surface area contributed by atoms with Gasteiger partial charge in [-0.2, -0.15) is 0 Å². The van der Waals surface area contributed by atoms with Gasteiger partial charge in [0.05, 0.1) is 11.6 Å². The van der Waals surface area contributed by atoms with E-state index in [1.807, 2.05) is 11.7 Å². The van der Waals surface area contributed by atoms with E-state index in [0.717, 1.165) is 6.42 Å². The molecule has 0 aliphatic rings. The van der Waals surface area contributed by atoms with Crippen molar-refractivity contribution < 1.29 is 0 Å². The molecule has 3 nitrogen and oxygen atoms in total. The van der Waals surface area contributed by atoms with E-state index in [0.29, 0.717) is 0 Å². The smallest absolute Gasteiger partial charge is 0.0794 e. The van der Waals surface area contributed by atoms with E-state index < -0.39 is 0 Å². The lowest BCUT2D eigenvalue weighted by Crippen LogP contribution is -2.30. The number of hydrazine groups is 1. The highest BCUT2D eigenvalue weighted by Crippen LogP contribution is 2.25. The van der Waals surface area contributed by atoms with Crippen LogP contribution < -0.4 is 11.3 Å². The van der Waals surface area contributed by atoms with E-state index in [2.05, 4.69) is 42.5 Å². The molecule has 0 amide bonds. The molecular weight excluding hydrogens is 230 g/mol. The Morgan fingerprint density at radius 1 is 1.35 bits per heavy atom. The second kappa shape index (κ2) is 5.40. The van der Waals surface area contributed by atoms with Crippen LogP contribution in [0.2, 0.25) is 0 Å². The Morgan fingerprint density at radius 3 is 2.59 bits per heavy atom. The van der Waals surface area contributed by atoms with Gasteiger partial charge in [0.15, 0.2) is 0 Å². The molecule has 1 unspecified atom stereocenters. The maximum atomic E-state index is 5.69. The first-order valence-electron chi connectivity index (χ1n) is 5.62. The summed E-state index contributed by atoms with van der Waals surface area (Å²) >= 11 is 1.67. The van der Waals surface area contributed by atoms with Crippen LogP contribution in [0.1, 0.15) is 27.6 Å². The van der Waals surface area contributed by atoms with Gasteiger partial charge in [-0.15, -0.1) is 11.3 Å². The molecule has 0 fully saturated rings. The van der Waals surface area contributed by atoms with Crippen molar-refractivity contribution in [3.63, 3.8) is 0 Å². The van der Waals surface area contributed by atoms with Gasteiger partial charge in [0, 0.05) is 17.5 Å². The van der Waals surface area contributed by atoms with Gasteiger partial charge in [0.2, 0.25) is 0 Å². The molecule has 0 saturated heterocycles. The minimum Gasteiger partial charge on any atom is -0.271 e. The van der Waals surface area contributed by atoms with Crippen LogP contribution in [0.5, 0.6) is 0 Å². The van der Waals surface area contributed by atoms with Crippen molar-refractivity contribution in [1.82, 2.24) is 10.4 Å². The molecule has 0 saturated carbocycles. The van der Waals surface area contributed by atoms with E-state index in [1.54, 1.807) is 11.3 Å². The zero-order valence-electron chi connectivity index (χ0n) is 10.1. The second-order valence-corrected chi connectivity index (χ2v) is 5.17. The molecular formula is C13H17N3S. The number of nitrogens with zero attached hydrogens (tertiary/aromatic N) is 1. The van der Waals surface area contributed by atoms with Gasteiger partial charge in [0.1, 0.15) is 0 Å². The lowest BCUT2D eigenvalue weighted by Gasteiger charge is -2.20. The van der Waals surface area contributed by atoms with Crippen LogP contribution in [-0.2, 0) is 6.42 Å². The Balaban J connectivity index is 2.29. The van der Waals surface area contributed by atoms with Crippen LogP contribution >= 0.6 is 11.3 Å². The number of aromatic nitrogens is 1. The summed E-state index contributed by atoms with van der Waals surface area (Å²) < 4.78 is 0. The van der Waals surface area contributed by atoms with Crippen molar-refractivity contribution in [2.24, 2.45) is 5.84 Å². The first kappa shape index (κ1) is 12.2. The second-order valence-electron chi connectivity index (χ2n) is 4.20. The lowest BCUT2D eigenvalue weighted by molar-refractivity contribution is 0.550. The molecule has 0 radical (unpaired) electrons. The van der Waals surface area contributed by atoms with E-state index in [9.17, 15) is 0 Å². The zero-order chi connectivity index (χ0) is 12.3. The molecule has 1 atom stereocenters. The third-order valence-corrected chi connectivity index (χ3v) is 3.78. The molecule has 4 heteroatoms. The number of benzene rings is 1. The molecule has 17 heavy (non-hydrogen) atoms. The van der Waals surface area contributed by atoms with E-state index >= 15 is 0 Å². The maximum absolute atomic E-state index is 5.69. The number of nitrogens with two attached hydrogens (primary N) is 1. The quantitative estimate of drug-likeness (QED) is 0.644. The van der Waals surface area contributed by atoms with Crippen molar-refractivity contribution >= 4 is 11.3 Å². The van der Waals surface area contributed by atoms with Crippen LogP contribution in [0.15, 0.2) is 29.9 Å². The number of aryl methyl sites for hydroxylation is 2. The third-order valence-electron chi connectivity index (χ3n) is 2.98. The lowest BCUT2D eigenvalue weighted by atomic mass is 9.94. The van der Waals surface area contributed by atoms with Crippen LogP contribution in [0, 0.1) is 13.8 Å². The predicted octanol–water partition coefficient (Wildman–Crippen LogP) is 2.51. The van der Waals surface area contributed by atoms with E-state index in [4.69, 9.17) is 5.84 Å². The van der Waals surface area contributed by atoms with Gasteiger partial charge in [-0.1, -0.05) is 18.2 Å². The van der Waals surface area contributed by atoms with Crippen molar-refractivity contribution in [3.05, 3.63) is 51.5 Å². The molecule has 90 valence electrons. The minimum absolute atomic E-state index is 0.150. The third kappa shape index (κ3) is 2.72. The van der Waals surface area contributed by atoms with Crippen molar-refractivity contribution in [1.29, 1.82) is 0 Å². The Kier molecular flexibility index (Phi) is 3.89. The van der Waals surface area contributed by atoms with Crippen LogP contribution in [0.3, 0.4) is 0 Å². The van der Waals surface area contributed by atoms with Gasteiger partial charge in [0.25, 0.3) is 0 Å². The van der Waals surface area contributed by atoms with Gasteiger partial charge in [-0.3, -0.25) is 16.3 Å². The summed E-state index contributed by atoms with van der Waals surface area (Å²) in [6.45, 7) is 4.25. The van der Waals surface area contributed by atoms with Crippen molar-refractivity contribution in [3.8, 4) is 0 Å². The predicted molar refractivity (Wildman–Crippen MR) is 71.8 cm³/mol. The fraction of sp³-hybridized carbons (Fsp3) is 0.308. The van der Waals surface area contributed by atoms with Crippen molar-refractivity contribution in [2.75, 3.05) is 0 Å². The highest BCUT2D eigenvalue weighted by atomic mass is 32.1. The number of hydrogen-bond acceptors (Lipinski definition) is 4. The first-order valence-corrected chi connectivity index (χ1v) is 6.50. The average molecular weight is 247 g/mol. The summed E-state index contributed by atoms with van der Waals surface area (Å²) in [6, 6.07) is 6.48. The standard InChI is InChI=1S/C13H17N3S/c1-9-4-3-5-10(2)13(9)12(16-14)6-11-7-15-8-17-11/h3-5,7-8,12,16H,6,14H2,1-2H3. The minimum atomic E-state index is 0.150. The molecule has 0 aliphatic heterocycles. The number of thiazole rings is 1. The molecule has 1 aromatic heterocycles. The summed E-state index contributed by atoms with van der Waals surface area (Å²) in [5.41, 5.74) is 8.62. The van der Waals surface area contributed by atoms with Gasteiger partial charge < -0.3 is 0 Å². The molecule has 1 aromatic carbocycles. The summed E-state index contributed by atoms with van der Waals surface area (Å²) in [5, 5.41) is 0. The molecule has 0 spiro atoms. The number of hydrogen-bond donors (Lipinski definition) is 2. The maximum Gasteiger partial charge on any atom is 0.0794 e. The van der Waals surface area contributed by atoms with E-state index in [1.165, 1.54) is 21.6 Å². The summed E-state index contributed by atoms with van der Waals surface area (Å²) in [4.78, 5) is 5.34. The molecule has 0 bridgehead atoms. The van der Waals surface area contributed by atoms with Gasteiger partial charge in [-0.25, -0.2) is 0 Å². The largest absolute Gasteiger partial charge is 0.271 e. The van der Waals surface area contributed by atoms with Crippen molar-refractivity contribution in [2.45, 2.75) is 26.3 Å². The summed E-state index contributed by atoms with van der Waals surface area (Å²) in [6.07, 6.45) is 2.79. The Labute approximate surface area is 106 Å². The summed E-state index contributed by atoms with van der Waals surface area (Å²) in [5.74, 6) is 5.69.